The molecule has 3 nitrogen and oxygen atoms in total. The van der Waals surface area contributed by atoms with E-state index in [0.29, 0.717) is 12.1 Å². The van der Waals surface area contributed by atoms with Crippen molar-refractivity contribution in [2.45, 2.75) is 44.2 Å². The Morgan fingerprint density at radius 3 is 2.86 bits per heavy atom. The number of hydrogen-bond acceptors (Lipinski definition) is 2. The molecule has 1 unspecified atom stereocenters. The van der Waals surface area contributed by atoms with E-state index in [4.69, 9.17) is 5.10 Å². The first-order valence-corrected chi connectivity index (χ1v) is 8.81. The Balaban J connectivity index is 1.72. The topological polar surface area (TPSA) is 29.9 Å². The average molecular weight is 395 g/mol. The lowest BCUT2D eigenvalue weighted by Crippen LogP contribution is -2.19. The zero-order valence-corrected chi connectivity index (χ0v) is 14.6. The maximum Gasteiger partial charge on any atom is 0.0643 e. The van der Waals surface area contributed by atoms with E-state index in [-0.39, 0.29) is 0 Å². The van der Waals surface area contributed by atoms with Crippen LogP contribution in [0.3, 0.4) is 0 Å². The van der Waals surface area contributed by atoms with Crippen molar-refractivity contribution in [3.8, 4) is 0 Å². The Hall–Kier alpha value is -0.880. The summed E-state index contributed by atoms with van der Waals surface area (Å²) in [6.45, 7) is 0. The van der Waals surface area contributed by atoms with Crippen molar-refractivity contribution in [2.24, 2.45) is 0 Å². The van der Waals surface area contributed by atoms with Crippen molar-refractivity contribution >= 4 is 22.6 Å². The largest absolute Gasteiger partial charge is 0.313 e. The summed E-state index contributed by atoms with van der Waals surface area (Å²) in [6, 6.07) is 11.8. The number of halogens is 1. The Kier molecular flexibility index (Phi) is 4.95. The highest BCUT2D eigenvalue weighted by Crippen LogP contribution is 2.29. The van der Waals surface area contributed by atoms with Crippen LogP contribution >= 0.6 is 22.6 Å². The highest BCUT2D eigenvalue weighted by Gasteiger charge is 2.18. The normalized spacial score (nSPS) is 17.2. The molecule has 1 aromatic heterocycles. The molecule has 1 aromatic carbocycles. The summed E-state index contributed by atoms with van der Waals surface area (Å²) in [5, 5.41) is 8.22. The quantitative estimate of drug-likeness (QED) is 0.773. The van der Waals surface area contributed by atoms with Gasteiger partial charge in [0, 0.05) is 22.2 Å². The van der Waals surface area contributed by atoms with E-state index >= 15 is 0 Å². The van der Waals surface area contributed by atoms with E-state index in [0.717, 1.165) is 6.42 Å². The summed E-state index contributed by atoms with van der Waals surface area (Å²) in [5.41, 5.74) is 2.51. The van der Waals surface area contributed by atoms with Crippen LogP contribution in [0.15, 0.2) is 36.5 Å². The van der Waals surface area contributed by atoms with E-state index in [9.17, 15) is 0 Å². The second-order valence-corrected chi connectivity index (χ2v) is 7.07. The number of likely N-dealkylation sites (N-methyl/N-ethyl adjacent to an activating group) is 1. The lowest BCUT2D eigenvalue weighted by atomic mass is 10.0. The van der Waals surface area contributed by atoms with Gasteiger partial charge in [0.05, 0.1) is 11.7 Å². The highest BCUT2D eigenvalue weighted by molar-refractivity contribution is 14.1. The van der Waals surface area contributed by atoms with Crippen LogP contribution in [0, 0.1) is 3.57 Å². The van der Waals surface area contributed by atoms with Gasteiger partial charge in [-0.05, 0) is 66.2 Å². The molecule has 1 saturated carbocycles. The summed E-state index contributed by atoms with van der Waals surface area (Å²) >= 11 is 2.37. The van der Waals surface area contributed by atoms with Gasteiger partial charge >= 0.3 is 0 Å². The minimum Gasteiger partial charge on any atom is -0.313 e. The molecule has 0 aliphatic heterocycles. The van der Waals surface area contributed by atoms with Gasteiger partial charge in [-0.2, -0.15) is 5.10 Å². The van der Waals surface area contributed by atoms with Gasteiger partial charge in [0.15, 0.2) is 0 Å². The van der Waals surface area contributed by atoms with Crippen LogP contribution in [0.5, 0.6) is 0 Å². The van der Waals surface area contributed by atoms with E-state index in [1.54, 1.807) is 0 Å². The standard InChI is InChI=1S/C17H22IN3/c1-19-17(13-5-4-6-14(18)11-13)12-15-9-10-21(20-15)16-7-2-3-8-16/h4-6,9-11,16-17,19H,2-3,7-8,12H2,1H3. The Morgan fingerprint density at radius 1 is 1.33 bits per heavy atom. The zero-order valence-electron chi connectivity index (χ0n) is 12.4. The molecule has 21 heavy (non-hydrogen) atoms. The van der Waals surface area contributed by atoms with Crippen molar-refractivity contribution in [3.63, 3.8) is 0 Å². The van der Waals surface area contributed by atoms with E-state index in [1.807, 2.05) is 7.05 Å². The molecule has 1 N–H and O–H groups in total. The van der Waals surface area contributed by atoms with Crippen molar-refractivity contribution < 1.29 is 0 Å². The van der Waals surface area contributed by atoms with Gasteiger partial charge in [-0.3, -0.25) is 4.68 Å². The molecule has 112 valence electrons. The molecular weight excluding hydrogens is 373 g/mol. The molecule has 0 saturated heterocycles. The number of nitrogens with one attached hydrogen (secondary N) is 1. The molecule has 1 heterocycles. The Labute approximate surface area is 140 Å². The third kappa shape index (κ3) is 3.66. The fourth-order valence-electron chi connectivity index (χ4n) is 3.18. The first-order chi connectivity index (χ1) is 10.3. The zero-order chi connectivity index (χ0) is 14.7. The smallest absolute Gasteiger partial charge is 0.0643 e. The molecular formula is C17H22IN3. The summed E-state index contributed by atoms with van der Waals surface area (Å²) in [6.07, 6.45) is 8.37. The maximum atomic E-state index is 4.80. The summed E-state index contributed by atoms with van der Waals surface area (Å²) < 4.78 is 3.46. The molecule has 0 spiro atoms. The third-order valence-corrected chi connectivity index (χ3v) is 5.05. The molecule has 1 atom stereocenters. The molecule has 1 fully saturated rings. The van der Waals surface area contributed by atoms with Gasteiger partial charge in [0.25, 0.3) is 0 Å². The van der Waals surface area contributed by atoms with Gasteiger partial charge in [-0.15, -0.1) is 0 Å². The van der Waals surface area contributed by atoms with E-state index in [2.05, 4.69) is 69.1 Å². The van der Waals surface area contributed by atoms with Gasteiger partial charge in [-0.25, -0.2) is 0 Å². The van der Waals surface area contributed by atoms with Gasteiger partial charge in [0.2, 0.25) is 0 Å². The van der Waals surface area contributed by atoms with Gasteiger partial charge in [-0.1, -0.05) is 25.0 Å². The first-order valence-electron chi connectivity index (χ1n) is 7.73. The van der Waals surface area contributed by atoms with Gasteiger partial charge in [0.1, 0.15) is 0 Å². The number of hydrogen-bond donors (Lipinski definition) is 1. The van der Waals surface area contributed by atoms with Crippen molar-refractivity contribution in [3.05, 3.63) is 51.4 Å². The second kappa shape index (κ2) is 6.92. The van der Waals surface area contributed by atoms with Crippen LogP contribution in [0.4, 0.5) is 0 Å². The van der Waals surface area contributed by atoms with Crippen LogP contribution in [0.1, 0.15) is 49.0 Å². The van der Waals surface area contributed by atoms with Crippen LogP contribution in [0.2, 0.25) is 0 Å². The SMILES string of the molecule is CNC(Cc1ccn(C2CCCC2)n1)c1cccc(I)c1. The lowest BCUT2D eigenvalue weighted by Gasteiger charge is -2.16. The number of aromatic nitrogens is 2. The molecule has 1 aliphatic carbocycles. The van der Waals surface area contributed by atoms with Crippen LogP contribution in [0.25, 0.3) is 0 Å². The Bertz CT molecular complexity index is 587. The van der Waals surface area contributed by atoms with Crippen LogP contribution < -0.4 is 5.32 Å². The molecule has 3 rings (SSSR count). The average Bonchev–Trinajstić information content (AvgIpc) is 3.15. The molecule has 2 aromatic rings. The minimum absolute atomic E-state index is 0.326. The fourth-order valence-corrected chi connectivity index (χ4v) is 3.74. The third-order valence-electron chi connectivity index (χ3n) is 4.38. The van der Waals surface area contributed by atoms with Crippen molar-refractivity contribution in [1.82, 2.24) is 15.1 Å². The van der Waals surface area contributed by atoms with E-state index in [1.165, 1.54) is 40.5 Å². The van der Waals surface area contributed by atoms with Crippen molar-refractivity contribution in [2.75, 3.05) is 7.05 Å². The molecule has 0 amide bonds. The predicted molar refractivity (Wildman–Crippen MR) is 94.4 cm³/mol. The summed E-state index contributed by atoms with van der Waals surface area (Å²) in [7, 11) is 2.03. The fraction of sp³-hybridized carbons (Fsp3) is 0.471. The number of benzene rings is 1. The van der Waals surface area contributed by atoms with Gasteiger partial charge < -0.3 is 5.32 Å². The molecule has 0 radical (unpaired) electrons. The monoisotopic (exact) mass is 395 g/mol. The first kappa shape index (κ1) is 15.0. The molecule has 1 aliphatic rings. The predicted octanol–water partition coefficient (Wildman–Crippen LogP) is 4.11. The summed E-state index contributed by atoms with van der Waals surface area (Å²) in [5.74, 6) is 0. The highest BCUT2D eigenvalue weighted by atomic mass is 127. The molecule has 0 bridgehead atoms. The Morgan fingerprint density at radius 2 is 2.14 bits per heavy atom. The second-order valence-electron chi connectivity index (χ2n) is 5.83. The number of rotatable bonds is 5. The lowest BCUT2D eigenvalue weighted by molar-refractivity contribution is 0.459. The summed E-state index contributed by atoms with van der Waals surface area (Å²) in [4.78, 5) is 0. The minimum atomic E-state index is 0.326. The van der Waals surface area contributed by atoms with Crippen LogP contribution in [-0.2, 0) is 6.42 Å². The van der Waals surface area contributed by atoms with Crippen molar-refractivity contribution in [1.29, 1.82) is 0 Å². The van der Waals surface area contributed by atoms with E-state index < -0.39 is 0 Å². The number of nitrogens with zero attached hydrogens (tertiary/aromatic N) is 2. The maximum absolute atomic E-state index is 4.80. The molecule has 4 heteroatoms. The van der Waals surface area contributed by atoms with Crippen LogP contribution in [-0.4, -0.2) is 16.8 Å².